The third-order valence-electron chi connectivity index (χ3n) is 3.45. The minimum Gasteiger partial charge on any atom is -0.348 e. The van der Waals surface area contributed by atoms with Gasteiger partial charge in [0.25, 0.3) is 0 Å². The van der Waals surface area contributed by atoms with Crippen LogP contribution in [0.2, 0.25) is 0 Å². The summed E-state index contributed by atoms with van der Waals surface area (Å²) < 4.78 is 1.99. The molecule has 2 aromatic heterocycles. The first-order valence-corrected chi connectivity index (χ1v) is 8.02. The SMILES string of the molecule is c1ccc(-n2nc(SCc3ncc[nH]3)nc2C2CC2)cc1. The van der Waals surface area contributed by atoms with Gasteiger partial charge in [-0.05, 0) is 25.0 Å². The fourth-order valence-corrected chi connectivity index (χ4v) is 2.96. The molecule has 0 spiro atoms. The van der Waals surface area contributed by atoms with Gasteiger partial charge in [0.2, 0.25) is 5.16 Å². The van der Waals surface area contributed by atoms with E-state index in [-0.39, 0.29) is 0 Å². The predicted octanol–water partition coefficient (Wildman–Crippen LogP) is 3.16. The standard InChI is InChI=1S/C15H15N5S/c1-2-4-12(5-3-1)20-14(11-6-7-11)18-15(19-20)21-10-13-16-8-9-17-13/h1-5,8-9,11H,6-7,10H2,(H,16,17). The van der Waals surface area contributed by atoms with Gasteiger partial charge in [-0.1, -0.05) is 30.0 Å². The molecule has 106 valence electrons. The van der Waals surface area contributed by atoms with Crippen LogP contribution in [0.1, 0.15) is 30.4 Å². The summed E-state index contributed by atoms with van der Waals surface area (Å²) in [4.78, 5) is 12.0. The molecule has 1 aliphatic rings. The highest BCUT2D eigenvalue weighted by molar-refractivity contribution is 7.98. The molecule has 2 heterocycles. The van der Waals surface area contributed by atoms with Crippen molar-refractivity contribution in [3.8, 4) is 5.69 Å². The van der Waals surface area contributed by atoms with Gasteiger partial charge in [0.1, 0.15) is 11.6 Å². The monoisotopic (exact) mass is 297 g/mol. The van der Waals surface area contributed by atoms with E-state index >= 15 is 0 Å². The number of nitrogens with one attached hydrogen (secondary N) is 1. The van der Waals surface area contributed by atoms with Gasteiger partial charge in [0.15, 0.2) is 0 Å². The van der Waals surface area contributed by atoms with Crippen LogP contribution in [0.3, 0.4) is 0 Å². The first-order valence-electron chi connectivity index (χ1n) is 7.03. The van der Waals surface area contributed by atoms with Crippen molar-refractivity contribution in [1.29, 1.82) is 0 Å². The third-order valence-corrected chi connectivity index (χ3v) is 4.30. The van der Waals surface area contributed by atoms with E-state index in [1.165, 1.54) is 12.8 Å². The summed E-state index contributed by atoms with van der Waals surface area (Å²) in [7, 11) is 0. The summed E-state index contributed by atoms with van der Waals surface area (Å²) in [6.07, 6.45) is 6.03. The molecule has 0 radical (unpaired) electrons. The number of imidazole rings is 1. The molecule has 1 saturated carbocycles. The number of para-hydroxylation sites is 1. The second-order valence-corrected chi connectivity index (χ2v) is 6.04. The van der Waals surface area contributed by atoms with Gasteiger partial charge in [-0.2, -0.15) is 0 Å². The van der Waals surface area contributed by atoms with E-state index in [0.29, 0.717) is 5.92 Å². The topological polar surface area (TPSA) is 59.4 Å². The van der Waals surface area contributed by atoms with Crippen molar-refractivity contribution in [3.63, 3.8) is 0 Å². The van der Waals surface area contributed by atoms with Crippen LogP contribution in [0.15, 0.2) is 47.9 Å². The Hall–Kier alpha value is -2.08. The Labute approximate surface area is 126 Å². The minimum absolute atomic E-state index is 0.565. The van der Waals surface area contributed by atoms with Crippen LogP contribution in [0, 0.1) is 0 Å². The second-order valence-electron chi connectivity index (χ2n) is 5.10. The van der Waals surface area contributed by atoms with Gasteiger partial charge >= 0.3 is 0 Å². The summed E-state index contributed by atoms with van der Waals surface area (Å²) in [5, 5.41) is 5.48. The van der Waals surface area contributed by atoms with E-state index in [1.807, 2.05) is 29.1 Å². The Morgan fingerprint density at radius 2 is 2.10 bits per heavy atom. The summed E-state index contributed by atoms with van der Waals surface area (Å²) in [6.45, 7) is 0. The molecule has 6 heteroatoms. The zero-order valence-corrected chi connectivity index (χ0v) is 12.3. The number of aromatic nitrogens is 5. The average molecular weight is 297 g/mol. The maximum Gasteiger partial charge on any atom is 0.209 e. The van der Waals surface area contributed by atoms with Crippen LogP contribution in [0.25, 0.3) is 5.69 Å². The lowest BCUT2D eigenvalue weighted by Crippen LogP contribution is -2.01. The maximum atomic E-state index is 4.72. The molecular formula is C15H15N5S. The average Bonchev–Trinajstić information content (AvgIpc) is 3.08. The largest absolute Gasteiger partial charge is 0.348 e. The summed E-state index contributed by atoms with van der Waals surface area (Å²) in [6, 6.07) is 10.2. The predicted molar refractivity (Wildman–Crippen MR) is 81.5 cm³/mol. The van der Waals surface area contributed by atoms with Crippen molar-refractivity contribution < 1.29 is 0 Å². The van der Waals surface area contributed by atoms with E-state index in [1.54, 1.807) is 18.0 Å². The molecule has 1 N–H and O–H groups in total. The molecule has 0 aliphatic heterocycles. The first kappa shape index (κ1) is 12.6. The van der Waals surface area contributed by atoms with Gasteiger partial charge in [-0.15, -0.1) is 5.10 Å². The Morgan fingerprint density at radius 1 is 1.24 bits per heavy atom. The molecule has 4 rings (SSSR count). The van der Waals surface area contributed by atoms with Gasteiger partial charge in [-0.3, -0.25) is 0 Å². The fourth-order valence-electron chi connectivity index (χ4n) is 2.24. The van der Waals surface area contributed by atoms with Gasteiger partial charge in [-0.25, -0.2) is 14.6 Å². The zero-order chi connectivity index (χ0) is 14.1. The lowest BCUT2D eigenvalue weighted by Gasteiger charge is -2.03. The molecule has 1 aliphatic carbocycles. The number of nitrogens with zero attached hydrogens (tertiary/aromatic N) is 4. The smallest absolute Gasteiger partial charge is 0.209 e. The highest BCUT2D eigenvalue weighted by Gasteiger charge is 2.30. The molecular weight excluding hydrogens is 282 g/mol. The van der Waals surface area contributed by atoms with Crippen molar-refractivity contribution in [2.45, 2.75) is 29.7 Å². The van der Waals surface area contributed by atoms with Crippen LogP contribution in [0.5, 0.6) is 0 Å². The Bertz CT molecular complexity index is 716. The lowest BCUT2D eigenvalue weighted by molar-refractivity contribution is 0.782. The molecule has 0 amide bonds. The molecule has 0 saturated heterocycles. The molecule has 0 atom stereocenters. The Morgan fingerprint density at radius 3 is 2.81 bits per heavy atom. The first-order chi connectivity index (χ1) is 10.4. The van der Waals surface area contributed by atoms with Crippen molar-refractivity contribution in [2.24, 2.45) is 0 Å². The highest BCUT2D eigenvalue weighted by Crippen LogP contribution is 2.40. The van der Waals surface area contributed by atoms with Crippen molar-refractivity contribution in [1.82, 2.24) is 24.7 Å². The zero-order valence-electron chi connectivity index (χ0n) is 11.4. The summed E-state index contributed by atoms with van der Waals surface area (Å²) >= 11 is 1.62. The molecule has 0 bridgehead atoms. The van der Waals surface area contributed by atoms with Crippen LogP contribution in [-0.4, -0.2) is 24.7 Å². The number of hydrogen-bond acceptors (Lipinski definition) is 4. The number of rotatable bonds is 5. The number of hydrogen-bond donors (Lipinski definition) is 1. The Balaban J connectivity index is 1.61. The number of aromatic amines is 1. The molecule has 1 aromatic carbocycles. The van der Waals surface area contributed by atoms with Gasteiger partial charge < -0.3 is 4.98 Å². The van der Waals surface area contributed by atoms with E-state index < -0.39 is 0 Å². The molecule has 1 fully saturated rings. The maximum absolute atomic E-state index is 4.72. The Kier molecular flexibility index (Phi) is 3.23. The van der Waals surface area contributed by atoms with Crippen molar-refractivity contribution in [2.75, 3.05) is 0 Å². The minimum atomic E-state index is 0.565. The summed E-state index contributed by atoms with van der Waals surface area (Å²) in [5.41, 5.74) is 1.08. The quantitative estimate of drug-likeness (QED) is 0.735. The fraction of sp³-hybridized carbons (Fsp3) is 0.267. The van der Waals surface area contributed by atoms with Crippen molar-refractivity contribution in [3.05, 3.63) is 54.4 Å². The molecule has 0 unspecified atom stereocenters. The van der Waals surface area contributed by atoms with Gasteiger partial charge in [0, 0.05) is 18.3 Å². The molecule has 5 nitrogen and oxygen atoms in total. The number of thioether (sulfide) groups is 1. The van der Waals surface area contributed by atoms with E-state index in [9.17, 15) is 0 Å². The molecule has 21 heavy (non-hydrogen) atoms. The normalized spacial score (nSPS) is 14.5. The lowest BCUT2D eigenvalue weighted by atomic mass is 10.3. The number of H-pyrrole nitrogens is 1. The van der Waals surface area contributed by atoms with E-state index in [0.717, 1.165) is 28.2 Å². The van der Waals surface area contributed by atoms with Crippen LogP contribution >= 0.6 is 11.8 Å². The van der Waals surface area contributed by atoms with Gasteiger partial charge in [0.05, 0.1) is 11.4 Å². The summed E-state index contributed by atoms with van der Waals surface area (Å²) in [5.74, 6) is 3.36. The van der Waals surface area contributed by atoms with Crippen molar-refractivity contribution >= 4 is 11.8 Å². The highest BCUT2D eigenvalue weighted by atomic mass is 32.2. The van der Waals surface area contributed by atoms with Crippen LogP contribution in [0.4, 0.5) is 0 Å². The van der Waals surface area contributed by atoms with E-state index in [2.05, 4.69) is 27.2 Å². The second kappa shape index (κ2) is 5.37. The van der Waals surface area contributed by atoms with Crippen LogP contribution < -0.4 is 0 Å². The molecule has 3 aromatic rings. The number of benzene rings is 1. The van der Waals surface area contributed by atoms with E-state index in [4.69, 9.17) is 4.98 Å². The van der Waals surface area contributed by atoms with Crippen LogP contribution in [-0.2, 0) is 5.75 Å². The third kappa shape index (κ3) is 2.71.